The Hall–Kier alpha value is -2.13. The number of hydrogen-bond acceptors (Lipinski definition) is 3. The molecule has 3 nitrogen and oxygen atoms in total. The Morgan fingerprint density at radius 2 is 1.55 bits per heavy atom. The molecule has 33 heavy (non-hydrogen) atoms. The van der Waals surface area contributed by atoms with Crippen LogP contribution in [-0.2, 0) is 11.2 Å². The summed E-state index contributed by atoms with van der Waals surface area (Å²) in [4.78, 5) is 15.9. The van der Waals surface area contributed by atoms with Crippen LogP contribution in [0.2, 0.25) is 0 Å². The van der Waals surface area contributed by atoms with Crippen LogP contribution in [0.3, 0.4) is 0 Å². The van der Waals surface area contributed by atoms with E-state index < -0.39 is 0 Å². The van der Waals surface area contributed by atoms with Crippen molar-refractivity contribution < 1.29 is 9.53 Å². The Bertz CT molecular complexity index is 967. The topological polar surface area (TPSA) is 29.5 Å². The van der Waals surface area contributed by atoms with Gasteiger partial charge in [0.15, 0.2) is 0 Å². The van der Waals surface area contributed by atoms with Crippen molar-refractivity contribution in [3.63, 3.8) is 0 Å². The number of carbonyl (C=O) groups is 1. The second-order valence-corrected chi connectivity index (χ2v) is 11.6. The maximum absolute atomic E-state index is 13.5. The van der Waals surface area contributed by atoms with Gasteiger partial charge in [0.05, 0.1) is 0 Å². The molecular formula is C30H37NO2. The van der Waals surface area contributed by atoms with Gasteiger partial charge in [-0.15, -0.1) is 0 Å². The fourth-order valence-corrected chi connectivity index (χ4v) is 7.71. The van der Waals surface area contributed by atoms with Crippen LogP contribution < -0.4 is 4.74 Å². The van der Waals surface area contributed by atoms with Crippen molar-refractivity contribution in [2.45, 2.75) is 63.9 Å². The molecule has 3 heteroatoms. The molecule has 0 unspecified atom stereocenters. The number of ether oxygens (including phenoxy) is 1. The van der Waals surface area contributed by atoms with Gasteiger partial charge in [-0.1, -0.05) is 36.4 Å². The van der Waals surface area contributed by atoms with Crippen molar-refractivity contribution in [2.75, 3.05) is 20.1 Å². The maximum atomic E-state index is 13.5. The molecule has 5 aliphatic rings. The second kappa shape index (κ2) is 8.58. The smallest absolute Gasteiger partial charge is 0.143 e. The molecule has 4 bridgehead atoms. The second-order valence-electron chi connectivity index (χ2n) is 11.6. The summed E-state index contributed by atoms with van der Waals surface area (Å²) in [6.45, 7) is 2.22. The van der Waals surface area contributed by atoms with E-state index in [4.69, 9.17) is 4.74 Å². The Kier molecular flexibility index (Phi) is 5.57. The Labute approximate surface area is 198 Å². The standard InChI is InChI=1S/C30H37NO2/c1-31-11-9-28(10-12-31)33-27-7-5-25(6-8-27)26-4-2-3-21(16-26)17-29(32)30-18-22-13-23(19-30)15-24(14-22)20-30/h2-8,16,22-24,28H,9-15,17-20H2,1H3. The molecule has 4 aliphatic carbocycles. The van der Waals surface area contributed by atoms with Gasteiger partial charge in [0.1, 0.15) is 17.6 Å². The first-order valence-corrected chi connectivity index (χ1v) is 13.1. The summed E-state index contributed by atoms with van der Waals surface area (Å²) in [5.41, 5.74) is 3.55. The third-order valence-electron chi connectivity index (χ3n) is 9.08. The van der Waals surface area contributed by atoms with Crippen LogP contribution in [0.25, 0.3) is 11.1 Å². The minimum Gasteiger partial charge on any atom is -0.490 e. The van der Waals surface area contributed by atoms with Crippen LogP contribution in [0.1, 0.15) is 56.9 Å². The van der Waals surface area contributed by atoms with Gasteiger partial charge in [0.25, 0.3) is 0 Å². The highest BCUT2D eigenvalue weighted by Crippen LogP contribution is 2.60. The lowest BCUT2D eigenvalue weighted by atomic mass is 9.48. The zero-order valence-corrected chi connectivity index (χ0v) is 20.0. The molecule has 0 aromatic heterocycles. The SMILES string of the molecule is CN1CCC(Oc2ccc(-c3cccc(CC(=O)C45CC6CC(CC(C6)C4)C5)c3)cc2)CC1. The van der Waals surface area contributed by atoms with Crippen molar-refractivity contribution in [3.05, 3.63) is 54.1 Å². The number of likely N-dealkylation sites (tertiary alicyclic amines) is 1. The number of piperidine rings is 1. The number of rotatable bonds is 6. The zero-order valence-electron chi connectivity index (χ0n) is 20.0. The van der Waals surface area contributed by atoms with Gasteiger partial charge in [-0.3, -0.25) is 4.79 Å². The summed E-state index contributed by atoms with van der Waals surface area (Å²) >= 11 is 0. The highest BCUT2D eigenvalue weighted by Gasteiger charge is 2.53. The van der Waals surface area contributed by atoms with Crippen molar-refractivity contribution >= 4 is 5.78 Å². The van der Waals surface area contributed by atoms with Crippen LogP contribution in [0.15, 0.2) is 48.5 Å². The normalized spacial score (nSPS) is 31.6. The number of hydrogen-bond donors (Lipinski definition) is 0. The first-order chi connectivity index (χ1) is 16.0. The molecule has 0 radical (unpaired) electrons. The van der Waals surface area contributed by atoms with E-state index in [1.54, 1.807) is 0 Å². The Morgan fingerprint density at radius 3 is 2.18 bits per heavy atom. The monoisotopic (exact) mass is 443 g/mol. The number of nitrogens with zero attached hydrogens (tertiary/aromatic N) is 1. The van der Waals surface area contributed by atoms with Crippen molar-refractivity contribution in [2.24, 2.45) is 23.2 Å². The van der Waals surface area contributed by atoms with E-state index >= 15 is 0 Å². The molecule has 2 aromatic rings. The van der Waals surface area contributed by atoms with Crippen molar-refractivity contribution in [1.82, 2.24) is 4.90 Å². The predicted molar refractivity (Wildman–Crippen MR) is 132 cm³/mol. The van der Waals surface area contributed by atoms with E-state index in [1.165, 1.54) is 36.0 Å². The molecule has 7 rings (SSSR count). The molecule has 0 atom stereocenters. The lowest BCUT2D eigenvalue weighted by Crippen LogP contribution is -2.50. The van der Waals surface area contributed by atoms with Gasteiger partial charge in [-0.25, -0.2) is 0 Å². The minimum atomic E-state index is -0.00231. The molecular weight excluding hydrogens is 406 g/mol. The summed E-state index contributed by atoms with van der Waals surface area (Å²) in [6, 6.07) is 17.1. The van der Waals surface area contributed by atoms with E-state index in [1.807, 2.05) is 0 Å². The van der Waals surface area contributed by atoms with Gasteiger partial charge < -0.3 is 9.64 Å². The molecule has 5 fully saturated rings. The lowest BCUT2D eigenvalue weighted by molar-refractivity contribution is -0.143. The molecule has 1 saturated heterocycles. The number of benzene rings is 2. The average molecular weight is 444 g/mol. The summed E-state index contributed by atoms with van der Waals surface area (Å²) in [5, 5.41) is 0. The van der Waals surface area contributed by atoms with Crippen LogP contribution in [-0.4, -0.2) is 36.9 Å². The molecule has 4 saturated carbocycles. The average Bonchev–Trinajstić information content (AvgIpc) is 2.80. The van der Waals surface area contributed by atoms with Crippen LogP contribution in [0.4, 0.5) is 0 Å². The molecule has 0 spiro atoms. The third kappa shape index (κ3) is 4.37. The van der Waals surface area contributed by atoms with Gasteiger partial charge in [0.2, 0.25) is 0 Å². The lowest BCUT2D eigenvalue weighted by Gasteiger charge is -2.56. The molecule has 0 N–H and O–H groups in total. The zero-order chi connectivity index (χ0) is 22.4. The first kappa shape index (κ1) is 21.4. The predicted octanol–water partition coefficient (Wildman–Crippen LogP) is 6.15. The first-order valence-electron chi connectivity index (χ1n) is 13.1. The Balaban J connectivity index is 1.12. The van der Waals surface area contributed by atoms with Crippen LogP contribution in [0.5, 0.6) is 5.75 Å². The van der Waals surface area contributed by atoms with Crippen LogP contribution >= 0.6 is 0 Å². The number of ketones is 1. The van der Waals surface area contributed by atoms with Crippen molar-refractivity contribution in [1.29, 1.82) is 0 Å². The molecule has 1 heterocycles. The largest absolute Gasteiger partial charge is 0.490 e. The minimum absolute atomic E-state index is 0.00231. The summed E-state index contributed by atoms with van der Waals surface area (Å²) in [7, 11) is 2.18. The van der Waals surface area contributed by atoms with E-state index in [-0.39, 0.29) is 5.41 Å². The summed E-state index contributed by atoms with van der Waals surface area (Å²) in [6.07, 6.45) is 10.8. The number of carbonyl (C=O) groups excluding carboxylic acids is 1. The third-order valence-corrected chi connectivity index (χ3v) is 9.08. The highest BCUT2D eigenvalue weighted by molar-refractivity contribution is 5.87. The van der Waals surface area contributed by atoms with Crippen LogP contribution in [0, 0.1) is 23.2 Å². The quantitative estimate of drug-likeness (QED) is 0.536. The van der Waals surface area contributed by atoms with E-state index in [2.05, 4.69) is 60.5 Å². The molecule has 174 valence electrons. The molecule has 1 aliphatic heterocycles. The molecule has 0 amide bonds. The number of Topliss-reactive ketones (excluding diaryl/α,β-unsaturated/α-hetero) is 1. The van der Waals surface area contributed by atoms with E-state index in [0.717, 1.165) is 68.7 Å². The van der Waals surface area contributed by atoms with Gasteiger partial charge in [0, 0.05) is 24.9 Å². The highest BCUT2D eigenvalue weighted by atomic mass is 16.5. The van der Waals surface area contributed by atoms with E-state index in [0.29, 0.717) is 18.3 Å². The molecule has 2 aromatic carbocycles. The van der Waals surface area contributed by atoms with Crippen molar-refractivity contribution in [3.8, 4) is 16.9 Å². The fourth-order valence-electron chi connectivity index (χ4n) is 7.71. The summed E-state index contributed by atoms with van der Waals surface area (Å²) in [5.74, 6) is 3.94. The van der Waals surface area contributed by atoms with Gasteiger partial charge in [-0.2, -0.15) is 0 Å². The Morgan fingerprint density at radius 1 is 0.909 bits per heavy atom. The maximum Gasteiger partial charge on any atom is 0.143 e. The van der Waals surface area contributed by atoms with Gasteiger partial charge in [-0.05, 0) is 105 Å². The fraction of sp³-hybridized carbons (Fsp3) is 0.567. The van der Waals surface area contributed by atoms with Gasteiger partial charge >= 0.3 is 0 Å². The van der Waals surface area contributed by atoms with E-state index in [9.17, 15) is 4.79 Å². The summed E-state index contributed by atoms with van der Waals surface area (Å²) < 4.78 is 6.22.